The molecule has 4 aromatic rings. The van der Waals surface area contributed by atoms with Crippen LogP contribution in [0.4, 0.5) is 5.69 Å². The van der Waals surface area contributed by atoms with Gasteiger partial charge in [-0.05, 0) is 34.2 Å². The number of aldehydes is 1. The van der Waals surface area contributed by atoms with Gasteiger partial charge in [0.25, 0.3) is 0 Å². The van der Waals surface area contributed by atoms with Crippen LogP contribution in [-0.4, -0.2) is 12.2 Å². The van der Waals surface area contributed by atoms with Gasteiger partial charge in [-0.15, -0.1) is 0 Å². The number of rotatable bonds is 5. The van der Waals surface area contributed by atoms with E-state index in [9.17, 15) is 9.59 Å². The standard InChI is InChI=1S/C24H19NO2/c26-16-18-11-9-17(10-12-18)13-14-24(27)25-23-15-19-5-1-2-6-20(19)21-7-3-4-8-22(21)23/h1-12,15-16H,13-14H2,(H,25,27). The molecule has 0 aromatic heterocycles. The predicted molar refractivity (Wildman–Crippen MR) is 110 cm³/mol. The summed E-state index contributed by atoms with van der Waals surface area (Å²) in [6, 6.07) is 25.7. The molecule has 0 atom stereocenters. The second-order valence-corrected chi connectivity index (χ2v) is 6.60. The summed E-state index contributed by atoms with van der Waals surface area (Å²) in [5.74, 6) is -0.0186. The van der Waals surface area contributed by atoms with Gasteiger partial charge in [0.2, 0.25) is 5.91 Å². The van der Waals surface area contributed by atoms with Crippen LogP contribution in [0.15, 0.2) is 78.9 Å². The molecule has 0 unspecified atom stereocenters. The molecule has 3 nitrogen and oxygen atoms in total. The average Bonchev–Trinajstić information content (AvgIpc) is 2.73. The quantitative estimate of drug-likeness (QED) is 0.387. The molecule has 0 saturated heterocycles. The van der Waals surface area contributed by atoms with Crippen molar-refractivity contribution in [2.45, 2.75) is 12.8 Å². The van der Waals surface area contributed by atoms with E-state index in [1.165, 1.54) is 5.39 Å². The van der Waals surface area contributed by atoms with Gasteiger partial charge in [-0.25, -0.2) is 0 Å². The van der Waals surface area contributed by atoms with Crippen molar-refractivity contribution in [3.8, 4) is 0 Å². The third-order valence-electron chi connectivity index (χ3n) is 4.80. The van der Waals surface area contributed by atoms with E-state index in [0.29, 0.717) is 18.4 Å². The first-order chi connectivity index (χ1) is 13.2. The SMILES string of the molecule is O=Cc1ccc(CCC(=O)Nc2cc3ccccc3c3ccccc23)cc1. The molecular weight excluding hydrogens is 334 g/mol. The number of hydrogen-bond donors (Lipinski definition) is 1. The van der Waals surface area contributed by atoms with Crippen molar-refractivity contribution in [2.75, 3.05) is 5.32 Å². The summed E-state index contributed by atoms with van der Waals surface area (Å²) in [6.07, 6.45) is 1.85. The van der Waals surface area contributed by atoms with E-state index >= 15 is 0 Å². The van der Waals surface area contributed by atoms with E-state index in [1.54, 1.807) is 12.1 Å². The maximum Gasteiger partial charge on any atom is 0.224 e. The molecule has 132 valence electrons. The highest BCUT2D eigenvalue weighted by molar-refractivity contribution is 6.15. The van der Waals surface area contributed by atoms with E-state index in [1.807, 2.05) is 48.5 Å². The largest absolute Gasteiger partial charge is 0.325 e. The van der Waals surface area contributed by atoms with Crippen LogP contribution in [0.5, 0.6) is 0 Å². The minimum atomic E-state index is -0.0186. The Kier molecular flexibility index (Phi) is 4.67. The molecule has 1 amide bonds. The van der Waals surface area contributed by atoms with E-state index in [0.717, 1.165) is 33.7 Å². The molecule has 0 aliphatic rings. The summed E-state index contributed by atoms with van der Waals surface area (Å²) < 4.78 is 0. The van der Waals surface area contributed by atoms with Crippen molar-refractivity contribution in [3.05, 3.63) is 90.0 Å². The van der Waals surface area contributed by atoms with Gasteiger partial charge >= 0.3 is 0 Å². The highest BCUT2D eigenvalue weighted by Crippen LogP contribution is 2.31. The first-order valence-corrected chi connectivity index (χ1v) is 8.99. The Balaban J connectivity index is 1.56. The van der Waals surface area contributed by atoms with Crippen molar-refractivity contribution in [1.82, 2.24) is 0 Å². The average molecular weight is 353 g/mol. The summed E-state index contributed by atoms with van der Waals surface area (Å²) in [5, 5.41) is 7.54. The predicted octanol–water partition coefficient (Wildman–Crippen LogP) is 5.38. The Morgan fingerprint density at radius 3 is 2.22 bits per heavy atom. The van der Waals surface area contributed by atoms with Crippen LogP contribution >= 0.6 is 0 Å². The van der Waals surface area contributed by atoms with Crippen LogP contribution < -0.4 is 5.32 Å². The highest BCUT2D eigenvalue weighted by Gasteiger charge is 2.09. The van der Waals surface area contributed by atoms with Crippen molar-refractivity contribution >= 4 is 39.4 Å². The van der Waals surface area contributed by atoms with Crippen molar-refractivity contribution in [3.63, 3.8) is 0 Å². The monoisotopic (exact) mass is 353 g/mol. The lowest BCUT2D eigenvalue weighted by molar-refractivity contribution is -0.116. The molecule has 27 heavy (non-hydrogen) atoms. The first kappa shape index (κ1) is 17.0. The molecule has 0 saturated carbocycles. The molecule has 0 radical (unpaired) electrons. The van der Waals surface area contributed by atoms with Crippen LogP contribution in [0.25, 0.3) is 21.5 Å². The minimum Gasteiger partial charge on any atom is -0.325 e. The molecular formula is C24H19NO2. The molecule has 3 heteroatoms. The summed E-state index contributed by atoms with van der Waals surface area (Å²) in [7, 11) is 0. The van der Waals surface area contributed by atoms with Gasteiger partial charge in [0.05, 0.1) is 0 Å². The van der Waals surface area contributed by atoms with E-state index < -0.39 is 0 Å². The van der Waals surface area contributed by atoms with Crippen LogP contribution in [0.1, 0.15) is 22.3 Å². The fourth-order valence-electron chi connectivity index (χ4n) is 3.39. The highest BCUT2D eigenvalue weighted by atomic mass is 16.1. The molecule has 0 bridgehead atoms. The van der Waals surface area contributed by atoms with Crippen molar-refractivity contribution in [1.29, 1.82) is 0 Å². The van der Waals surface area contributed by atoms with Gasteiger partial charge in [0.15, 0.2) is 0 Å². The Morgan fingerprint density at radius 2 is 1.48 bits per heavy atom. The molecule has 0 aliphatic heterocycles. The van der Waals surface area contributed by atoms with Gasteiger partial charge in [-0.2, -0.15) is 0 Å². The third-order valence-corrected chi connectivity index (χ3v) is 4.80. The molecule has 4 aromatic carbocycles. The zero-order valence-electron chi connectivity index (χ0n) is 14.8. The molecule has 0 fully saturated rings. The van der Waals surface area contributed by atoms with E-state index in [2.05, 4.69) is 23.5 Å². The molecule has 0 heterocycles. The summed E-state index contributed by atoms with van der Waals surface area (Å²) in [5.41, 5.74) is 2.52. The number of nitrogens with one attached hydrogen (secondary N) is 1. The second kappa shape index (κ2) is 7.42. The lowest BCUT2D eigenvalue weighted by Crippen LogP contribution is -2.12. The number of benzene rings is 4. The Morgan fingerprint density at radius 1 is 0.815 bits per heavy atom. The normalized spacial score (nSPS) is 10.8. The Hall–Kier alpha value is -3.46. The number of amides is 1. The molecule has 0 spiro atoms. The Bertz CT molecular complexity index is 1130. The summed E-state index contributed by atoms with van der Waals surface area (Å²) >= 11 is 0. The molecule has 4 rings (SSSR count). The zero-order chi connectivity index (χ0) is 18.6. The number of carbonyl (C=O) groups excluding carboxylic acids is 2. The fourth-order valence-corrected chi connectivity index (χ4v) is 3.39. The number of aryl methyl sites for hydroxylation is 1. The second-order valence-electron chi connectivity index (χ2n) is 6.60. The van der Waals surface area contributed by atoms with Gasteiger partial charge in [-0.3, -0.25) is 9.59 Å². The van der Waals surface area contributed by atoms with Crippen molar-refractivity contribution in [2.24, 2.45) is 0 Å². The lowest BCUT2D eigenvalue weighted by Gasteiger charge is -2.12. The van der Waals surface area contributed by atoms with Crippen LogP contribution in [0.2, 0.25) is 0 Å². The maximum absolute atomic E-state index is 12.5. The number of anilines is 1. The fraction of sp³-hybridized carbons (Fsp3) is 0.0833. The minimum absolute atomic E-state index is 0.0186. The number of hydrogen-bond acceptors (Lipinski definition) is 2. The first-order valence-electron chi connectivity index (χ1n) is 8.99. The van der Waals surface area contributed by atoms with Crippen LogP contribution in [0.3, 0.4) is 0 Å². The van der Waals surface area contributed by atoms with Crippen LogP contribution in [0, 0.1) is 0 Å². The zero-order valence-corrected chi connectivity index (χ0v) is 14.8. The van der Waals surface area contributed by atoms with Gasteiger partial charge < -0.3 is 5.32 Å². The molecule has 0 aliphatic carbocycles. The lowest BCUT2D eigenvalue weighted by atomic mass is 10.00. The number of fused-ring (bicyclic) bond motifs is 3. The third kappa shape index (κ3) is 3.58. The topological polar surface area (TPSA) is 46.2 Å². The van der Waals surface area contributed by atoms with E-state index in [-0.39, 0.29) is 5.91 Å². The molecule has 1 N–H and O–H groups in total. The van der Waals surface area contributed by atoms with Gasteiger partial charge in [-0.1, -0.05) is 72.8 Å². The smallest absolute Gasteiger partial charge is 0.224 e. The number of carbonyl (C=O) groups is 2. The van der Waals surface area contributed by atoms with Crippen LogP contribution in [-0.2, 0) is 11.2 Å². The summed E-state index contributed by atoms with van der Waals surface area (Å²) in [6.45, 7) is 0. The van der Waals surface area contributed by atoms with E-state index in [4.69, 9.17) is 0 Å². The van der Waals surface area contributed by atoms with Gasteiger partial charge in [0.1, 0.15) is 6.29 Å². The van der Waals surface area contributed by atoms with Gasteiger partial charge in [0, 0.05) is 23.1 Å². The Labute approximate surface area is 157 Å². The maximum atomic E-state index is 12.5. The van der Waals surface area contributed by atoms with Crippen molar-refractivity contribution < 1.29 is 9.59 Å². The summed E-state index contributed by atoms with van der Waals surface area (Å²) in [4.78, 5) is 23.2.